The molecule has 0 N–H and O–H groups in total. The van der Waals surface area contributed by atoms with Crippen LogP contribution in [0.3, 0.4) is 0 Å². The van der Waals surface area contributed by atoms with Gasteiger partial charge in [0.2, 0.25) is 0 Å². The van der Waals surface area contributed by atoms with Gasteiger partial charge in [-0.1, -0.05) is 0 Å². The molecule has 23 heavy (non-hydrogen) atoms. The van der Waals surface area contributed by atoms with Crippen LogP contribution >= 0.6 is 0 Å². The van der Waals surface area contributed by atoms with Crippen molar-refractivity contribution in [3.8, 4) is 6.07 Å². The van der Waals surface area contributed by atoms with Crippen LogP contribution in [0.15, 0.2) is 42.5 Å². The fourth-order valence-electron chi connectivity index (χ4n) is 3.64. The number of fused-ring (bicyclic) bond motifs is 2. The summed E-state index contributed by atoms with van der Waals surface area (Å²) in [5, 5.41) is 10.7. The Morgan fingerprint density at radius 1 is 1.04 bits per heavy atom. The van der Waals surface area contributed by atoms with Crippen molar-refractivity contribution in [2.24, 2.45) is 0 Å². The monoisotopic (exact) mass is 370 g/mol. The Morgan fingerprint density at radius 3 is 2.52 bits per heavy atom. The Balaban J connectivity index is 2.01. The van der Waals surface area contributed by atoms with E-state index in [1.165, 1.54) is 40.4 Å². The number of aryl methyl sites for hydroxylation is 2. The van der Waals surface area contributed by atoms with E-state index in [9.17, 15) is 5.26 Å². The molecule has 0 saturated heterocycles. The van der Waals surface area contributed by atoms with Crippen molar-refractivity contribution < 1.29 is 0 Å². The molecule has 2 aromatic rings. The van der Waals surface area contributed by atoms with E-state index in [4.69, 9.17) is 0 Å². The van der Waals surface area contributed by atoms with E-state index in [0.717, 1.165) is 18.4 Å². The van der Waals surface area contributed by atoms with Crippen molar-refractivity contribution in [3.63, 3.8) is 0 Å². The van der Waals surface area contributed by atoms with Gasteiger partial charge in [-0.15, -0.1) is 0 Å². The van der Waals surface area contributed by atoms with Crippen molar-refractivity contribution in [2.45, 2.75) is 48.6 Å². The number of nitriles is 1. The zero-order valence-electron chi connectivity index (χ0n) is 14.0. The van der Waals surface area contributed by atoms with Crippen LogP contribution in [0.25, 0.3) is 0 Å². The summed E-state index contributed by atoms with van der Waals surface area (Å²) in [6.45, 7) is 0. The zero-order valence-corrected chi connectivity index (χ0v) is 15.7. The normalized spacial score (nSPS) is 16.3. The minimum atomic E-state index is -0.370. The summed E-state index contributed by atoms with van der Waals surface area (Å²) >= 11 is -0.370. The third kappa shape index (κ3) is 3.69. The molecule has 0 saturated carbocycles. The molecule has 0 aromatic heterocycles. The first kappa shape index (κ1) is 16.3. The van der Waals surface area contributed by atoms with Crippen LogP contribution in [0.2, 0.25) is 17.0 Å². The second-order valence-electron chi connectivity index (χ2n) is 6.61. The molecule has 0 amide bonds. The van der Waals surface area contributed by atoms with Crippen molar-refractivity contribution in [1.82, 2.24) is 0 Å². The summed E-state index contributed by atoms with van der Waals surface area (Å²) in [7, 11) is 0. The fraction of sp³-hybridized carbons (Fsp3) is 0.381. The maximum atomic E-state index is 9.29. The molecule has 0 bridgehead atoms. The SMILES string of the molecule is C[Se+](C)CCCC1c2ccccc2CCc2ccc(C#N)cc21. The summed E-state index contributed by atoms with van der Waals surface area (Å²) in [5.74, 6) is 5.30. The molecule has 0 radical (unpaired) electrons. The van der Waals surface area contributed by atoms with Crippen LogP contribution < -0.4 is 0 Å². The van der Waals surface area contributed by atoms with E-state index < -0.39 is 0 Å². The maximum absolute atomic E-state index is 9.29. The molecule has 3 rings (SSSR count). The molecular weight excluding hydrogens is 345 g/mol. The first-order chi connectivity index (χ1) is 11.2. The van der Waals surface area contributed by atoms with Crippen molar-refractivity contribution in [2.75, 3.05) is 0 Å². The average molecular weight is 369 g/mol. The van der Waals surface area contributed by atoms with E-state index in [-0.39, 0.29) is 13.9 Å². The number of hydrogen-bond donors (Lipinski definition) is 0. The van der Waals surface area contributed by atoms with E-state index >= 15 is 0 Å². The Labute approximate surface area is 144 Å². The molecule has 2 aromatic carbocycles. The van der Waals surface area contributed by atoms with Crippen molar-refractivity contribution in [3.05, 3.63) is 70.3 Å². The fourth-order valence-corrected chi connectivity index (χ4v) is 5.20. The van der Waals surface area contributed by atoms with Gasteiger partial charge in [0.15, 0.2) is 0 Å². The summed E-state index contributed by atoms with van der Waals surface area (Å²) in [4.78, 5) is 0. The van der Waals surface area contributed by atoms with E-state index in [1.54, 1.807) is 0 Å². The quantitative estimate of drug-likeness (QED) is 0.669. The van der Waals surface area contributed by atoms with Gasteiger partial charge in [-0.05, 0) is 0 Å². The average Bonchev–Trinajstić information content (AvgIpc) is 2.71. The van der Waals surface area contributed by atoms with Crippen LogP contribution in [0, 0.1) is 11.3 Å². The third-order valence-corrected chi connectivity index (χ3v) is 7.11. The first-order valence-electron chi connectivity index (χ1n) is 8.34. The minimum absolute atomic E-state index is 0.370. The molecule has 1 atom stereocenters. The summed E-state index contributed by atoms with van der Waals surface area (Å²) in [5.41, 5.74) is 6.62. The predicted molar refractivity (Wildman–Crippen MR) is 98.4 cm³/mol. The second-order valence-corrected chi connectivity index (χ2v) is 11.6. The van der Waals surface area contributed by atoms with Crippen LogP contribution in [-0.4, -0.2) is 13.9 Å². The Morgan fingerprint density at radius 2 is 1.78 bits per heavy atom. The van der Waals surface area contributed by atoms with E-state index in [2.05, 4.69) is 54.1 Å². The number of benzene rings is 2. The standard InChI is InChI=1S/C21H24NSe/c1-23(2)13-5-8-20-19-7-4-3-6-17(19)11-12-18-10-9-16(15-22)14-21(18)20/h3-4,6-7,9-10,14,20H,5,8,11-13H2,1-2H3/q+1. The predicted octanol–water partition coefficient (Wildman–Crippen LogP) is 5.32. The van der Waals surface area contributed by atoms with Crippen LogP contribution in [0.4, 0.5) is 0 Å². The molecule has 1 aliphatic rings. The number of rotatable bonds is 4. The molecule has 0 fully saturated rings. The molecule has 1 unspecified atom stereocenters. The molecule has 1 aliphatic carbocycles. The Kier molecular flexibility index (Phi) is 5.21. The molecule has 2 heteroatoms. The van der Waals surface area contributed by atoms with Gasteiger partial charge < -0.3 is 0 Å². The van der Waals surface area contributed by atoms with Gasteiger partial charge in [0.1, 0.15) is 0 Å². The summed E-state index contributed by atoms with van der Waals surface area (Å²) in [6.07, 6.45) is 4.71. The molecule has 0 heterocycles. The van der Waals surface area contributed by atoms with Crippen LogP contribution in [-0.2, 0) is 12.8 Å². The first-order valence-corrected chi connectivity index (χ1v) is 13.0. The molecule has 1 nitrogen and oxygen atoms in total. The second kappa shape index (κ2) is 7.35. The molecule has 0 spiro atoms. The molecule has 0 aliphatic heterocycles. The van der Waals surface area contributed by atoms with Crippen LogP contribution in [0.5, 0.6) is 0 Å². The van der Waals surface area contributed by atoms with Gasteiger partial charge in [0.25, 0.3) is 0 Å². The molecule has 118 valence electrons. The topological polar surface area (TPSA) is 23.8 Å². The van der Waals surface area contributed by atoms with Gasteiger partial charge in [0, 0.05) is 0 Å². The van der Waals surface area contributed by atoms with E-state index in [0.29, 0.717) is 5.92 Å². The zero-order chi connectivity index (χ0) is 16.2. The van der Waals surface area contributed by atoms with Gasteiger partial charge in [-0.2, -0.15) is 0 Å². The Hall–Kier alpha value is -1.55. The summed E-state index contributed by atoms with van der Waals surface area (Å²) in [6, 6.07) is 17.6. The summed E-state index contributed by atoms with van der Waals surface area (Å²) < 4.78 is 0. The third-order valence-electron chi connectivity index (χ3n) is 4.79. The Bertz CT molecular complexity index is 727. The van der Waals surface area contributed by atoms with Gasteiger partial charge >= 0.3 is 144 Å². The van der Waals surface area contributed by atoms with Crippen LogP contribution in [0.1, 0.15) is 46.6 Å². The van der Waals surface area contributed by atoms with Crippen molar-refractivity contribution in [1.29, 1.82) is 5.26 Å². The van der Waals surface area contributed by atoms with Gasteiger partial charge in [-0.25, -0.2) is 0 Å². The van der Waals surface area contributed by atoms with Crippen molar-refractivity contribution >= 4 is 13.9 Å². The van der Waals surface area contributed by atoms with E-state index in [1.807, 2.05) is 6.07 Å². The number of nitrogens with zero attached hydrogens (tertiary/aromatic N) is 1. The van der Waals surface area contributed by atoms with Gasteiger partial charge in [0.05, 0.1) is 0 Å². The number of hydrogen-bond acceptors (Lipinski definition) is 1. The van der Waals surface area contributed by atoms with Gasteiger partial charge in [-0.3, -0.25) is 0 Å². The molecular formula is C21H24NSe+.